The Morgan fingerprint density at radius 3 is 2.53 bits per heavy atom. The standard InChI is InChI=1S/C11H18N2O5S/c1-2-3-8-13(7(5-19-8)11(17)18)10(16)6(12)4-9(14)15/h6-8H,2-5,12H2,1H3,(H,14,15)(H,17,18). The van der Waals surface area contributed by atoms with Gasteiger partial charge in [-0.3, -0.25) is 9.59 Å². The van der Waals surface area contributed by atoms with Gasteiger partial charge < -0.3 is 20.8 Å². The zero-order chi connectivity index (χ0) is 14.6. The molecule has 0 aliphatic carbocycles. The second-order valence-electron chi connectivity index (χ2n) is 4.38. The Balaban J connectivity index is 2.85. The average molecular weight is 290 g/mol. The molecule has 108 valence electrons. The minimum atomic E-state index is -1.20. The molecule has 1 aliphatic rings. The smallest absolute Gasteiger partial charge is 0.327 e. The van der Waals surface area contributed by atoms with Crippen LogP contribution >= 0.6 is 11.8 Å². The SMILES string of the molecule is CCCC1SCC(C(=O)O)N1C(=O)C(N)CC(=O)O. The molecule has 0 saturated carbocycles. The fourth-order valence-corrected chi connectivity index (χ4v) is 3.51. The van der Waals surface area contributed by atoms with Crippen molar-refractivity contribution < 1.29 is 24.6 Å². The first kappa shape index (κ1) is 15.8. The predicted molar refractivity (Wildman–Crippen MR) is 69.7 cm³/mol. The number of amides is 1. The number of nitrogens with zero attached hydrogens (tertiary/aromatic N) is 1. The van der Waals surface area contributed by atoms with Gasteiger partial charge in [0.05, 0.1) is 17.8 Å². The molecule has 1 fully saturated rings. The molecule has 0 bridgehead atoms. The van der Waals surface area contributed by atoms with Crippen LogP contribution in [0.5, 0.6) is 0 Å². The van der Waals surface area contributed by atoms with Gasteiger partial charge in [-0.05, 0) is 6.42 Å². The predicted octanol–water partition coefficient (Wildman–Crippen LogP) is -0.0568. The van der Waals surface area contributed by atoms with Crippen molar-refractivity contribution in [3.63, 3.8) is 0 Å². The van der Waals surface area contributed by atoms with Gasteiger partial charge >= 0.3 is 11.9 Å². The van der Waals surface area contributed by atoms with Gasteiger partial charge in [-0.25, -0.2) is 4.79 Å². The largest absolute Gasteiger partial charge is 0.481 e. The lowest BCUT2D eigenvalue weighted by Crippen LogP contribution is -2.52. The molecule has 0 aromatic heterocycles. The Kier molecular flexibility index (Phi) is 5.61. The van der Waals surface area contributed by atoms with E-state index < -0.39 is 36.4 Å². The van der Waals surface area contributed by atoms with Gasteiger partial charge in [-0.1, -0.05) is 13.3 Å². The number of carbonyl (C=O) groups is 3. The second-order valence-corrected chi connectivity index (χ2v) is 5.59. The average Bonchev–Trinajstić information content (AvgIpc) is 2.71. The number of rotatable bonds is 6. The molecule has 3 unspecified atom stereocenters. The van der Waals surface area contributed by atoms with E-state index in [0.717, 1.165) is 6.42 Å². The molecule has 3 atom stereocenters. The first-order valence-electron chi connectivity index (χ1n) is 6.02. The van der Waals surface area contributed by atoms with Gasteiger partial charge in [0.2, 0.25) is 5.91 Å². The summed E-state index contributed by atoms with van der Waals surface area (Å²) in [5, 5.41) is 17.5. The highest BCUT2D eigenvalue weighted by molar-refractivity contribution is 8.00. The van der Waals surface area contributed by atoms with Gasteiger partial charge in [-0.2, -0.15) is 0 Å². The van der Waals surface area contributed by atoms with E-state index in [2.05, 4.69) is 0 Å². The van der Waals surface area contributed by atoms with Crippen molar-refractivity contribution in [1.82, 2.24) is 4.90 Å². The Morgan fingerprint density at radius 2 is 2.05 bits per heavy atom. The number of carboxylic acid groups (broad SMARTS) is 2. The van der Waals surface area contributed by atoms with E-state index in [4.69, 9.17) is 15.9 Å². The summed E-state index contributed by atoms with van der Waals surface area (Å²) in [6.45, 7) is 1.94. The van der Waals surface area contributed by atoms with Crippen molar-refractivity contribution in [2.75, 3.05) is 5.75 Å². The van der Waals surface area contributed by atoms with Crippen LogP contribution in [0.3, 0.4) is 0 Å². The molecule has 1 amide bonds. The maximum absolute atomic E-state index is 12.1. The van der Waals surface area contributed by atoms with Crippen LogP contribution in [0.2, 0.25) is 0 Å². The van der Waals surface area contributed by atoms with E-state index in [9.17, 15) is 14.4 Å². The molecule has 0 radical (unpaired) electrons. The third-order valence-corrected chi connectivity index (χ3v) is 4.24. The molecule has 1 aliphatic heterocycles. The summed E-state index contributed by atoms with van der Waals surface area (Å²) in [6, 6.07) is -2.12. The Hall–Kier alpha value is -1.28. The Morgan fingerprint density at radius 1 is 1.42 bits per heavy atom. The van der Waals surface area contributed by atoms with Crippen LogP contribution < -0.4 is 5.73 Å². The molecule has 7 nitrogen and oxygen atoms in total. The van der Waals surface area contributed by atoms with E-state index in [1.165, 1.54) is 16.7 Å². The fourth-order valence-electron chi connectivity index (χ4n) is 1.99. The van der Waals surface area contributed by atoms with Gasteiger partial charge in [0.1, 0.15) is 6.04 Å². The summed E-state index contributed by atoms with van der Waals surface area (Å²) in [4.78, 5) is 35.1. The highest BCUT2D eigenvalue weighted by Gasteiger charge is 2.42. The second kappa shape index (κ2) is 6.76. The van der Waals surface area contributed by atoms with E-state index in [1.807, 2.05) is 6.92 Å². The van der Waals surface area contributed by atoms with Crippen LogP contribution in [0, 0.1) is 0 Å². The van der Waals surface area contributed by atoms with Crippen molar-refractivity contribution in [3.05, 3.63) is 0 Å². The topological polar surface area (TPSA) is 121 Å². The number of hydrogen-bond acceptors (Lipinski definition) is 5. The van der Waals surface area contributed by atoms with Crippen LogP contribution in [0.1, 0.15) is 26.2 Å². The van der Waals surface area contributed by atoms with E-state index in [0.29, 0.717) is 12.2 Å². The number of hydrogen-bond donors (Lipinski definition) is 3. The quantitative estimate of drug-likeness (QED) is 0.626. The van der Waals surface area contributed by atoms with Gasteiger partial charge in [0.15, 0.2) is 0 Å². The number of nitrogens with two attached hydrogens (primary N) is 1. The van der Waals surface area contributed by atoms with Crippen LogP contribution in [0.15, 0.2) is 0 Å². The summed E-state index contributed by atoms with van der Waals surface area (Å²) in [7, 11) is 0. The van der Waals surface area contributed by atoms with Gasteiger partial charge in [-0.15, -0.1) is 11.8 Å². The normalized spacial score (nSPS) is 24.2. The van der Waals surface area contributed by atoms with Gasteiger partial charge in [0.25, 0.3) is 0 Å². The van der Waals surface area contributed by atoms with Crippen molar-refractivity contribution in [3.8, 4) is 0 Å². The maximum atomic E-state index is 12.1. The summed E-state index contributed by atoms with van der Waals surface area (Å²) in [5.41, 5.74) is 5.54. The third kappa shape index (κ3) is 3.84. The third-order valence-electron chi connectivity index (χ3n) is 2.88. The van der Waals surface area contributed by atoms with Crippen LogP contribution in [0.25, 0.3) is 0 Å². The molecular weight excluding hydrogens is 272 g/mol. The van der Waals surface area contributed by atoms with Gasteiger partial charge in [0, 0.05) is 5.75 Å². The first-order chi connectivity index (χ1) is 8.88. The molecular formula is C11H18N2O5S. The molecule has 4 N–H and O–H groups in total. The number of aliphatic carboxylic acids is 2. The first-order valence-corrected chi connectivity index (χ1v) is 7.07. The summed E-state index contributed by atoms with van der Waals surface area (Å²) >= 11 is 1.40. The molecule has 19 heavy (non-hydrogen) atoms. The van der Waals surface area contributed by atoms with Crippen LogP contribution in [-0.4, -0.2) is 56.2 Å². The highest BCUT2D eigenvalue weighted by atomic mass is 32.2. The molecule has 1 rings (SSSR count). The zero-order valence-electron chi connectivity index (χ0n) is 10.6. The van der Waals surface area contributed by atoms with Crippen molar-refractivity contribution in [2.45, 2.75) is 43.6 Å². The van der Waals surface area contributed by atoms with E-state index >= 15 is 0 Å². The highest BCUT2D eigenvalue weighted by Crippen LogP contribution is 2.32. The Bertz CT molecular complexity index is 376. The lowest BCUT2D eigenvalue weighted by atomic mass is 10.1. The lowest BCUT2D eigenvalue weighted by Gasteiger charge is -2.29. The summed E-state index contributed by atoms with van der Waals surface area (Å²) in [6.07, 6.45) is 0.979. The molecule has 0 aromatic rings. The number of thioether (sulfide) groups is 1. The molecule has 8 heteroatoms. The van der Waals surface area contributed by atoms with Crippen LogP contribution in [0.4, 0.5) is 0 Å². The monoisotopic (exact) mass is 290 g/mol. The fraction of sp³-hybridized carbons (Fsp3) is 0.727. The molecule has 1 saturated heterocycles. The van der Waals surface area contributed by atoms with Crippen molar-refractivity contribution in [2.24, 2.45) is 5.73 Å². The number of carbonyl (C=O) groups excluding carboxylic acids is 1. The molecule has 0 spiro atoms. The zero-order valence-corrected chi connectivity index (χ0v) is 11.4. The van der Waals surface area contributed by atoms with Crippen molar-refractivity contribution in [1.29, 1.82) is 0 Å². The minimum Gasteiger partial charge on any atom is -0.481 e. The molecule has 1 heterocycles. The molecule has 0 aromatic carbocycles. The number of carboxylic acids is 2. The van der Waals surface area contributed by atoms with E-state index in [1.54, 1.807) is 0 Å². The van der Waals surface area contributed by atoms with Crippen LogP contribution in [-0.2, 0) is 14.4 Å². The van der Waals surface area contributed by atoms with E-state index in [-0.39, 0.29) is 5.37 Å². The minimum absolute atomic E-state index is 0.238. The maximum Gasteiger partial charge on any atom is 0.327 e. The Labute approximate surface area is 115 Å². The summed E-state index contributed by atoms with van der Waals surface area (Å²) < 4.78 is 0. The summed E-state index contributed by atoms with van der Waals surface area (Å²) in [5.74, 6) is -2.54. The van der Waals surface area contributed by atoms with Crippen molar-refractivity contribution >= 4 is 29.6 Å². The lowest BCUT2D eigenvalue weighted by molar-refractivity contribution is -0.150.